The summed E-state index contributed by atoms with van der Waals surface area (Å²) in [6.07, 6.45) is 1.51. The number of nitrogens with one attached hydrogen (secondary N) is 1. The van der Waals surface area contributed by atoms with Crippen LogP contribution in [-0.4, -0.2) is 78.0 Å². The molecule has 0 radical (unpaired) electrons. The lowest BCUT2D eigenvalue weighted by Gasteiger charge is -2.36. The molecular weight excluding hydrogens is 744 g/mol. The number of aromatic hydroxyl groups is 1. The van der Waals surface area contributed by atoms with Crippen LogP contribution in [0, 0.1) is 0 Å². The average Bonchev–Trinajstić information content (AvgIpc) is 3.67. The fourth-order valence-electron chi connectivity index (χ4n) is 7.14. The van der Waals surface area contributed by atoms with Crippen molar-refractivity contribution in [3.63, 3.8) is 0 Å². The number of ether oxygens (including phenoxy) is 2. The van der Waals surface area contributed by atoms with Crippen LogP contribution in [0.3, 0.4) is 0 Å². The first-order chi connectivity index (χ1) is 25.3. The Morgan fingerprint density at radius 2 is 1.65 bits per heavy atom. The Morgan fingerprint density at radius 3 is 2.42 bits per heavy atom. The maximum Gasteiger partial charge on any atom is 0.255 e. The first kappa shape index (κ1) is 34.2. The zero-order chi connectivity index (χ0) is 35.8. The van der Waals surface area contributed by atoms with E-state index in [0.29, 0.717) is 30.9 Å². The minimum absolute atomic E-state index is 0.145. The lowest BCUT2D eigenvalue weighted by Crippen LogP contribution is -2.52. The molecule has 266 valence electrons. The summed E-state index contributed by atoms with van der Waals surface area (Å²) in [6.45, 7) is 5.57. The van der Waals surface area contributed by atoms with Gasteiger partial charge in [-0.1, -0.05) is 28.1 Å². The van der Waals surface area contributed by atoms with Crippen LogP contribution in [0.15, 0.2) is 89.4 Å². The molecule has 0 saturated carbocycles. The molecule has 1 unspecified atom stereocenters. The molecule has 2 N–H and O–H groups in total. The van der Waals surface area contributed by atoms with E-state index >= 15 is 0 Å². The zero-order valence-corrected chi connectivity index (χ0v) is 30.8. The summed E-state index contributed by atoms with van der Waals surface area (Å²) in [5, 5.41) is 13.4. The summed E-state index contributed by atoms with van der Waals surface area (Å²) in [5.74, 6) is 1.67. The number of anilines is 1. The molecule has 2 saturated heterocycles. The molecule has 3 amide bonds. The van der Waals surface area contributed by atoms with Gasteiger partial charge in [0.2, 0.25) is 11.8 Å². The highest BCUT2D eigenvalue weighted by atomic mass is 79.9. The number of fused-ring (bicyclic) bond motifs is 2. The van der Waals surface area contributed by atoms with E-state index in [0.717, 1.165) is 86.9 Å². The number of carbonyl (C=O) groups excluding carboxylic acids is 3. The largest absolute Gasteiger partial charge is 0.508 e. The van der Waals surface area contributed by atoms with E-state index in [9.17, 15) is 19.5 Å². The van der Waals surface area contributed by atoms with Crippen molar-refractivity contribution < 1.29 is 29.0 Å². The van der Waals surface area contributed by atoms with Crippen LogP contribution < -0.4 is 19.7 Å². The maximum absolute atomic E-state index is 13.1. The zero-order valence-electron chi connectivity index (χ0n) is 28.3. The van der Waals surface area contributed by atoms with E-state index < -0.39 is 6.04 Å². The fourth-order valence-corrected chi connectivity index (χ4v) is 8.57. The Labute approximate surface area is 313 Å². The van der Waals surface area contributed by atoms with Gasteiger partial charge in [-0.3, -0.25) is 24.6 Å². The summed E-state index contributed by atoms with van der Waals surface area (Å²) < 4.78 is 14.5. The summed E-state index contributed by atoms with van der Waals surface area (Å²) >= 11 is 5.10. The maximum atomic E-state index is 13.1. The number of carbonyl (C=O) groups is 3. The normalized spacial score (nSPS) is 17.8. The number of rotatable bonds is 10. The summed E-state index contributed by atoms with van der Waals surface area (Å²) in [4.78, 5) is 44.4. The van der Waals surface area contributed by atoms with E-state index in [1.165, 1.54) is 0 Å². The number of piperazine rings is 1. The highest BCUT2D eigenvalue weighted by Gasteiger charge is 2.39. The quantitative estimate of drug-likeness (QED) is 0.113. The van der Waals surface area contributed by atoms with Crippen LogP contribution in [0.5, 0.6) is 23.0 Å². The predicted octanol–water partition coefficient (Wildman–Crippen LogP) is 7.18. The number of phenols is 1. The van der Waals surface area contributed by atoms with Crippen LogP contribution in [0.1, 0.15) is 35.2 Å². The van der Waals surface area contributed by atoms with Crippen molar-refractivity contribution >= 4 is 60.8 Å². The van der Waals surface area contributed by atoms with Crippen molar-refractivity contribution in [3.05, 3.63) is 101 Å². The van der Waals surface area contributed by atoms with E-state index in [1.54, 1.807) is 28.4 Å². The van der Waals surface area contributed by atoms with Gasteiger partial charge in [-0.05, 0) is 96.8 Å². The van der Waals surface area contributed by atoms with Gasteiger partial charge in [0.15, 0.2) is 5.75 Å². The van der Waals surface area contributed by atoms with Crippen LogP contribution in [0.4, 0.5) is 5.69 Å². The third kappa shape index (κ3) is 7.10. The second kappa shape index (κ2) is 14.6. The topological polar surface area (TPSA) is 112 Å². The number of hydrogen-bond donors (Lipinski definition) is 2. The van der Waals surface area contributed by atoms with E-state index in [-0.39, 0.29) is 29.9 Å². The van der Waals surface area contributed by atoms with E-state index in [1.807, 2.05) is 54.6 Å². The number of nitrogens with zero attached hydrogens (tertiary/aromatic N) is 3. The smallest absolute Gasteiger partial charge is 0.255 e. The number of thiophene rings is 1. The molecule has 3 aliphatic heterocycles. The Hall–Kier alpha value is -4.91. The second-order valence-corrected chi connectivity index (χ2v) is 15.3. The van der Waals surface area contributed by atoms with Crippen molar-refractivity contribution in [2.24, 2.45) is 0 Å². The molecule has 4 aromatic carbocycles. The summed E-state index contributed by atoms with van der Waals surface area (Å²) in [5.41, 5.74) is 3.69. The Morgan fingerprint density at radius 1 is 0.885 bits per heavy atom. The van der Waals surface area contributed by atoms with Gasteiger partial charge in [0.1, 0.15) is 23.3 Å². The molecule has 1 atom stereocenters. The number of piperidine rings is 1. The molecule has 1 aromatic heterocycles. The number of imide groups is 1. The molecule has 4 heterocycles. The molecule has 0 spiro atoms. The van der Waals surface area contributed by atoms with Crippen molar-refractivity contribution in [2.75, 3.05) is 44.2 Å². The summed E-state index contributed by atoms with van der Waals surface area (Å²) in [7, 11) is 0. The number of benzene rings is 4. The van der Waals surface area contributed by atoms with Crippen LogP contribution in [-0.2, 0) is 16.1 Å². The molecule has 2 fully saturated rings. The van der Waals surface area contributed by atoms with E-state index in [4.69, 9.17) is 9.47 Å². The van der Waals surface area contributed by atoms with Gasteiger partial charge >= 0.3 is 0 Å². The molecule has 0 bridgehead atoms. The van der Waals surface area contributed by atoms with E-state index in [2.05, 4.69) is 49.2 Å². The Balaban J connectivity index is 0.811. The molecule has 5 aromatic rings. The highest BCUT2D eigenvalue weighted by Crippen LogP contribution is 2.47. The van der Waals surface area contributed by atoms with Gasteiger partial charge in [-0.2, -0.15) is 0 Å². The third-order valence-electron chi connectivity index (χ3n) is 9.91. The minimum atomic E-state index is -0.603. The second-order valence-electron chi connectivity index (χ2n) is 13.3. The van der Waals surface area contributed by atoms with Crippen LogP contribution in [0.2, 0.25) is 0 Å². The third-order valence-corrected chi connectivity index (χ3v) is 11.6. The number of halogens is 1. The first-order valence-corrected chi connectivity index (χ1v) is 19.1. The molecule has 12 heteroatoms. The number of amides is 3. The molecular formula is C40H37BrN4O6S. The lowest BCUT2D eigenvalue weighted by molar-refractivity contribution is -0.136. The fraction of sp³-hybridized carbons (Fsp3) is 0.275. The van der Waals surface area contributed by atoms with Gasteiger partial charge < -0.3 is 24.4 Å². The molecule has 3 aliphatic rings. The SMILES string of the molecule is O=C1CCC(N2Cc3cc(N4CCN(CCCOc5ccc(Oc6c(-c7ccc(Br)cc7)sc7cc(O)ccc67)cc5)CC4)ccc3C2=O)C(=O)N1. The monoisotopic (exact) mass is 780 g/mol. The van der Waals surface area contributed by atoms with Gasteiger partial charge in [0.05, 0.1) is 11.5 Å². The predicted molar refractivity (Wildman–Crippen MR) is 204 cm³/mol. The summed E-state index contributed by atoms with van der Waals surface area (Å²) in [6, 6.07) is 26.5. The molecule has 8 rings (SSSR count). The standard InChI is InChI=1S/C40H37BrN4O6S/c41-27-4-2-25(3-5-27)38-37(33-13-7-29(46)23-35(33)52-38)51-31-10-8-30(9-11-31)50-21-1-16-43-17-19-44(20-18-43)28-6-12-32-26(22-28)24-45(40(32)49)34-14-15-36(47)42-39(34)48/h2-13,22-23,34,46H,1,14-21,24H2,(H,42,47,48). The minimum Gasteiger partial charge on any atom is -0.508 e. The van der Waals surface area contributed by atoms with Crippen LogP contribution >= 0.6 is 27.3 Å². The van der Waals surface area contributed by atoms with Gasteiger partial charge in [-0.25, -0.2) is 0 Å². The van der Waals surface area contributed by atoms with Crippen molar-refractivity contribution in [3.8, 4) is 33.4 Å². The molecule has 10 nitrogen and oxygen atoms in total. The van der Waals surface area contributed by atoms with Crippen molar-refractivity contribution in [1.82, 2.24) is 15.1 Å². The van der Waals surface area contributed by atoms with Gasteiger partial charge in [-0.15, -0.1) is 11.3 Å². The Kier molecular flexibility index (Phi) is 9.61. The molecule has 0 aliphatic carbocycles. The number of phenolic OH excluding ortho intramolecular Hbond substituents is 1. The number of hydrogen-bond acceptors (Lipinski definition) is 9. The van der Waals surface area contributed by atoms with Gasteiger partial charge in [0, 0.05) is 71.5 Å². The van der Waals surface area contributed by atoms with Crippen molar-refractivity contribution in [1.29, 1.82) is 0 Å². The molecule has 52 heavy (non-hydrogen) atoms. The first-order valence-electron chi connectivity index (χ1n) is 17.5. The van der Waals surface area contributed by atoms with Crippen LogP contribution in [0.25, 0.3) is 20.5 Å². The highest BCUT2D eigenvalue weighted by molar-refractivity contribution is 9.10. The average molecular weight is 782 g/mol. The van der Waals surface area contributed by atoms with Gasteiger partial charge in [0.25, 0.3) is 5.91 Å². The Bertz CT molecular complexity index is 2150. The van der Waals surface area contributed by atoms with Crippen molar-refractivity contribution in [2.45, 2.75) is 31.8 Å². The lowest BCUT2D eigenvalue weighted by atomic mass is 10.0.